The molecule has 2 aromatic rings. The van der Waals surface area contributed by atoms with Crippen LogP contribution in [0.25, 0.3) is 0 Å². The third-order valence-corrected chi connectivity index (χ3v) is 3.14. The fourth-order valence-electron chi connectivity index (χ4n) is 1.95. The van der Waals surface area contributed by atoms with Gasteiger partial charge in [0, 0.05) is 25.7 Å². The number of aromatic nitrogens is 2. The number of benzene rings is 1. The van der Waals surface area contributed by atoms with Gasteiger partial charge in [-0.2, -0.15) is 5.10 Å². The first kappa shape index (κ1) is 14.1. The molecule has 1 N–H and O–H groups in total. The standard InChI is InChI=1S/C15H20N4O/c1-12(2)19(11-13-7-5-4-6-8-13)15(20)17-14-9-10-16-18(14)3/h4-10,12H,11H2,1-3H3,(H,17,20). The summed E-state index contributed by atoms with van der Waals surface area (Å²) in [5.41, 5.74) is 1.11. The number of hydrogen-bond donors (Lipinski definition) is 1. The number of carbonyl (C=O) groups is 1. The highest BCUT2D eigenvalue weighted by molar-refractivity contribution is 5.88. The van der Waals surface area contributed by atoms with Crippen molar-refractivity contribution in [3.05, 3.63) is 48.2 Å². The number of nitrogens with one attached hydrogen (secondary N) is 1. The van der Waals surface area contributed by atoms with E-state index in [9.17, 15) is 4.79 Å². The summed E-state index contributed by atoms with van der Waals surface area (Å²) in [6.07, 6.45) is 1.66. The first-order valence-electron chi connectivity index (χ1n) is 6.67. The highest BCUT2D eigenvalue weighted by atomic mass is 16.2. The van der Waals surface area contributed by atoms with E-state index in [2.05, 4.69) is 10.4 Å². The molecule has 0 atom stereocenters. The lowest BCUT2D eigenvalue weighted by atomic mass is 10.2. The van der Waals surface area contributed by atoms with E-state index in [1.54, 1.807) is 28.9 Å². The van der Waals surface area contributed by atoms with E-state index < -0.39 is 0 Å². The third-order valence-electron chi connectivity index (χ3n) is 3.14. The number of aryl methyl sites for hydroxylation is 1. The number of amides is 2. The molecule has 1 aromatic heterocycles. The fourth-order valence-corrected chi connectivity index (χ4v) is 1.95. The summed E-state index contributed by atoms with van der Waals surface area (Å²) >= 11 is 0. The maximum absolute atomic E-state index is 12.4. The van der Waals surface area contributed by atoms with E-state index in [0.29, 0.717) is 12.4 Å². The molecule has 0 saturated carbocycles. The van der Waals surface area contributed by atoms with Crippen LogP contribution >= 0.6 is 0 Å². The second-order valence-corrected chi connectivity index (χ2v) is 4.98. The van der Waals surface area contributed by atoms with Crippen molar-refractivity contribution in [3.63, 3.8) is 0 Å². The van der Waals surface area contributed by atoms with Gasteiger partial charge in [-0.1, -0.05) is 30.3 Å². The normalized spacial score (nSPS) is 10.6. The third kappa shape index (κ3) is 3.38. The predicted octanol–water partition coefficient (Wildman–Crippen LogP) is 2.86. The Morgan fingerprint density at radius 3 is 2.55 bits per heavy atom. The Labute approximate surface area is 119 Å². The van der Waals surface area contributed by atoms with Gasteiger partial charge in [-0.3, -0.25) is 10.00 Å². The molecule has 0 saturated heterocycles. The number of hydrogen-bond acceptors (Lipinski definition) is 2. The smallest absolute Gasteiger partial charge is 0.318 e. The van der Waals surface area contributed by atoms with Crippen molar-refractivity contribution in [1.82, 2.24) is 14.7 Å². The molecule has 0 aliphatic heterocycles. The van der Waals surface area contributed by atoms with Gasteiger partial charge in [-0.25, -0.2) is 4.79 Å². The Bertz CT molecular complexity index is 562. The van der Waals surface area contributed by atoms with Crippen molar-refractivity contribution >= 4 is 11.8 Å². The van der Waals surface area contributed by atoms with E-state index in [1.807, 2.05) is 44.2 Å². The molecule has 0 spiro atoms. The maximum atomic E-state index is 12.4. The lowest BCUT2D eigenvalue weighted by Gasteiger charge is -2.27. The molecular weight excluding hydrogens is 252 g/mol. The fraction of sp³-hybridized carbons (Fsp3) is 0.333. The van der Waals surface area contributed by atoms with Gasteiger partial charge in [0.25, 0.3) is 0 Å². The molecule has 2 rings (SSSR count). The molecule has 5 heteroatoms. The number of anilines is 1. The van der Waals surface area contributed by atoms with Crippen LogP contribution in [0.15, 0.2) is 42.6 Å². The highest BCUT2D eigenvalue weighted by Gasteiger charge is 2.18. The molecule has 5 nitrogen and oxygen atoms in total. The zero-order valence-electron chi connectivity index (χ0n) is 12.1. The SMILES string of the molecule is CC(C)N(Cc1ccccc1)C(=O)Nc1ccnn1C. The molecule has 0 aliphatic rings. The van der Waals surface area contributed by atoms with Crippen molar-refractivity contribution in [3.8, 4) is 0 Å². The molecule has 0 unspecified atom stereocenters. The quantitative estimate of drug-likeness (QED) is 0.930. The van der Waals surface area contributed by atoms with E-state index in [0.717, 1.165) is 5.56 Å². The minimum absolute atomic E-state index is 0.114. The van der Waals surface area contributed by atoms with Crippen LogP contribution in [0.2, 0.25) is 0 Å². The maximum Gasteiger partial charge on any atom is 0.323 e. The second-order valence-electron chi connectivity index (χ2n) is 4.98. The zero-order chi connectivity index (χ0) is 14.5. The van der Waals surface area contributed by atoms with Gasteiger partial charge in [-0.05, 0) is 19.4 Å². The van der Waals surface area contributed by atoms with Gasteiger partial charge in [-0.15, -0.1) is 0 Å². The molecule has 0 radical (unpaired) electrons. The molecular formula is C15H20N4O. The molecule has 106 valence electrons. The average Bonchev–Trinajstić information content (AvgIpc) is 2.82. The Hall–Kier alpha value is -2.30. The largest absolute Gasteiger partial charge is 0.323 e. The molecule has 0 bridgehead atoms. The zero-order valence-corrected chi connectivity index (χ0v) is 12.1. The van der Waals surface area contributed by atoms with Crippen molar-refractivity contribution in [1.29, 1.82) is 0 Å². The summed E-state index contributed by atoms with van der Waals surface area (Å²) in [5.74, 6) is 0.689. The molecule has 2 amide bonds. The highest BCUT2D eigenvalue weighted by Crippen LogP contribution is 2.11. The monoisotopic (exact) mass is 272 g/mol. The second kappa shape index (κ2) is 6.23. The van der Waals surface area contributed by atoms with Gasteiger partial charge in [0.05, 0.1) is 6.20 Å². The summed E-state index contributed by atoms with van der Waals surface area (Å²) in [6, 6.07) is 11.7. The van der Waals surface area contributed by atoms with Crippen LogP contribution in [0.4, 0.5) is 10.6 Å². The molecule has 0 aliphatic carbocycles. The van der Waals surface area contributed by atoms with Crippen molar-refractivity contribution < 1.29 is 4.79 Å². The summed E-state index contributed by atoms with van der Waals surface area (Å²) < 4.78 is 1.64. The first-order valence-corrected chi connectivity index (χ1v) is 6.67. The van der Waals surface area contributed by atoms with Crippen molar-refractivity contribution in [2.24, 2.45) is 7.05 Å². The Morgan fingerprint density at radius 1 is 1.30 bits per heavy atom. The van der Waals surface area contributed by atoms with Crippen LogP contribution in [0.1, 0.15) is 19.4 Å². The van der Waals surface area contributed by atoms with Gasteiger partial charge in [0.2, 0.25) is 0 Å². The van der Waals surface area contributed by atoms with Crippen molar-refractivity contribution in [2.45, 2.75) is 26.4 Å². The van der Waals surface area contributed by atoms with E-state index in [-0.39, 0.29) is 12.1 Å². The lowest BCUT2D eigenvalue weighted by Crippen LogP contribution is -2.39. The van der Waals surface area contributed by atoms with E-state index in [1.165, 1.54) is 0 Å². The first-order chi connectivity index (χ1) is 9.58. The van der Waals surface area contributed by atoms with Gasteiger partial charge in [0.1, 0.15) is 5.82 Å². The Morgan fingerprint density at radius 2 is 2.00 bits per heavy atom. The van der Waals surface area contributed by atoms with E-state index in [4.69, 9.17) is 0 Å². The van der Waals surface area contributed by atoms with Crippen LogP contribution in [-0.4, -0.2) is 26.8 Å². The minimum atomic E-state index is -0.118. The van der Waals surface area contributed by atoms with Crippen LogP contribution in [0.5, 0.6) is 0 Å². The van der Waals surface area contributed by atoms with Crippen molar-refractivity contribution in [2.75, 3.05) is 5.32 Å². The number of urea groups is 1. The predicted molar refractivity (Wildman–Crippen MR) is 79.3 cm³/mol. The molecule has 0 fully saturated rings. The summed E-state index contributed by atoms with van der Waals surface area (Å²) in [6.45, 7) is 4.60. The Kier molecular flexibility index (Phi) is 4.40. The Balaban J connectivity index is 2.08. The van der Waals surface area contributed by atoms with Gasteiger partial charge in [0.15, 0.2) is 0 Å². The topological polar surface area (TPSA) is 50.2 Å². The van der Waals surface area contributed by atoms with Crippen LogP contribution in [-0.2, 0) is 13.6 Å². The number of carbonyl (C=O) groups excluding carboxylic acids is 1. The molecule has 1 heterocycles. The number of nitrogens with zero attached hydrogens (tertiary/aromatic N) is 3. The van der Waals surface area contributed by atoms with Gasteiger partial charge >= 0.3 is 6.03 Å². The lowest BCUT2D eigenvalue weighted by molar-refractivity contribution is 0.193. The number of rotatable bonds is 4. The summed E-state index contributed by atoms with van der Waals surface area (Å²) in [5, 5.41) is 6.92. The molecule has 1 aromatic carbocycles. The molecule has 20 heavy (non-hydrogen) atoms. The van der Waals surface area contributed by atoms with Crippen LogP contribution < -0.4 is 5.32 Å². The van der Waals surface area contributed by atoms with Crippen LogP contribution in [0, 0.1) is 0 Å². The van der Waals surface area contributed by atoms with Gasteiger partial charge < -0.3 is 4.90 Å². The minimum Gasteiger partial charge on any atom is -0.318 e. The summed E-state index contributed by atoms with van der Waals surface area (Å²) in [4.78, 5) is 14.2. The van der Waals surface area contributed by atoms with E-state index >= 15 is 0 Å². The summed E-state index contributed by atoms with van der Waals surface area (Å²) in [7, 11) is 1.80. The average molecular weight is 272 g/mol. The van der Waals surface area contributed by atoms with Crippen LogP contribution in [0.3, 0.4) is 0 Å².